The molecule has 0 aromatic heterocycles. The second-order valence-electron chi connectivity index (χ2n) is 2.06. The van der Waals surface area contributed by atoms with E-state index in [0.29, 0.717) is 0 Å². The minimum Gasteiger partial charge on any atom is -0.369 e. The largest absolute Gasteiger partial charge is 0.369 e. The third kappa shape index (κ3) is 2.96. The Kier molecular flexibility index (Phi) is 3.32. The molecule has 0 aliphatic rings. The van der Waals surface area contributed by atoms with Crippen LogP contribution in [0.5, 0.6) is 0 Å². The number of hydrogen-bond acceptors (Lipinski definition) is 2. The Labute approximate surface area is 59.1 Å². The van der Waals surface area contributed by atoms with Crippen molar-refractivity contribution in [2.24, 2.45) is 16.6 Å². The number of hydrogen-bond donors (Lipinski definition) is 1. The maximum absolute atomic E-state index is 10.5. The summed E-state index contributed by atoms with van der Waals surface area (Å²) < 4.78 is 0. The topological polar surface area (TPSA) is 72.5 Å². The monoisotopic (exact) mass is 142 g/mol. The zero-order valence-corrected chi connectivity index (χ0v) is 5.83. The van der Waals surface area contributed by atoms with Crippen LogP contribution in [0.4, 0.5) is 0 Å². The summed E-state index contributed by atoms with van der Waals surface area (Å²) in [5.41, 5.74) is 4.89. The number of carbonyl (C=O) groups excluding carboxylic acids is 2. The maximum Gasteiger partial charge on any atom is 0.245 e. The summed E-state index contributed by atoms with van der Waals surface area (Å²) in [6.07, 6.45) is 0.0544. The normalized spacial score (nSPS) is 12.1. The summed E-state index contributed by atoms with van der Waals surface area (Å²) in [6.45, 7) is 4.60. The van der Waals surface area contributed by atoms with Gasteiger partial charge in [-0.05, 0) is 6.72 Å². The highest BCUT2D eigenvalue weighted by Crippen LogP contribution is 2.00. The first kappa shape index (κ1) is 8.81. The Morgan fingerprint density at radius 3 is 2.50 bits per heavy atom. The van der Waals surface area contributed by atoms with Gasteiger partial charge in [0.15, 0.2) is 0 Å². The van der Waals surface area contributed by atoms with E-state index >= 15 is 0 Å². The van der Waals surface area contributed by atoms with Gasteiger partial charge in [-0.15, -0.1) is 0 Å². The highest BCUT2D eigenvalue weighted by molar-refractivity contribution is 5.86. The van der Waals surface area contributed by atoms with E-state index in [1.54, 1.807) is 6.92 Å². The molecule has 0 saturated carbocycles. The second kappa shape index (κ2) is 3.76. The van der Waals surface area contributed by atoms with Crippen molar-refractivity contribution in [3.63, 3.8) is 0 Å². The van der Waals surface area contributed by atoms with Gasteiger partial charge >= 0.3 is 0 Å². The third-order valence-electron chi connectivity index (χ3n) is 1.14. The van der Waals surface area contributed by atoms with Crippen LogP contribution in [0.1, 0.15) is 13.3 Å². The summed E-state index contributed by atoms with van der Waals surface area (Å²) in [6, 6.07) is 0. The van der Waals surface area contributed by atoms with Crippen LogP contribution >= 0.6 is 0 Å². The summed E-state index contributed by atoms with van der Waals surface area (Å²) in [5.74, 6) is -1.33. The van der Waals surface area contributed by atoms with Crippen LogP contribution in [-0.2, 0) is 9.59 Å². The summed E-state index contributed by atoms with van der Waals surface area (Å²) in [4.78, 5) is 24.0. The van der Waals surface area contributed by atoms with Gasteiger partial charge < -0.3 is 5.73 Å². The zero-order chi connectivity index (χ0) is 8.15. The van der Waals surface area contributed by atoms with E-state index in [9.17, 15) is 9.59 Å². The molecule has 0 fully saturated rings. The van der Waals surface area contributed by atoms with Gasteiger partial charge in [-0.25, -0.2) is 4.99 Å². The second-order valence-corrected chi connectivity index (χ2v) is 2.06. The van der Waals surface area contributed by atoms with Gasteiger partial charge in [0.25, 0.3) is 0 Å². The number of primary amides is 1. The van der Waals surface area contributed by atoms with Crippen molar-refractivity contribution < 1.29 is 9.59 Å². The fourth-order valence-electron chi connectivity index (χ4n) is 0.427. The third-order valence-corrected chi connectivity index (χ3v) is 1.14. The first-order chi connectivity index (χ1) is 4.57. The molecule has 0 aliphatic heterocycles. The lowest BCUT2D eigenvalue weighted by Crippen LogP contribution is -2.22. The number of rotatable bonds is 3. The summed E-state index contributed by atoms with van der Waals surface area (Å²) in [5, 5.41) is 0. The molecular formula is C6H10N2O2. The van der Waals surface area contributed by atoms with E-state index in [4.69, 9.17) is 5.73 Å². The fraction of sp³-hybridized carbons (Fsp3) is 0.500. The summed E-state index contributed by atoms with van der Waals surface area (Å²) in [7, 11) is 0. The molecule has 1 atom stereocenters. The SMILES string of the molecule is C=NC(=O)CC(C)C(N)=O. The Hall–Kier alpha value is -1.19. The number of nitrogens with zero attached hydrogens (tertiary/aromatic N) is 1. The van der Waals surface area contributed by atoms with Crippen molar-refractivity contribution in [2.45, 2.75) is 13.3 Å². The van der Waals surface area contributed by atoms with E-state index < -0.39 is 17.7 Å². The predicted molar refractivity (Wildman–Crippen MR) is 37.5 cm³/mol. The Balaban J connectivity index is 3.79. The smallest absolute Gasteiger partial charge is 0.245 e. The first-order valence-electron chi connectivity index (χ1n) is 2.86. The number of carbonyl (C=O) groups is 2. The molecule has 0 spiro atoms. The average molecular weight is 142 g/mol. The van der Waals surface area contributed by atoms with E-state index in [1.165, 1.54) is 0 Å². The van der Waals surface area contributed by atoms with Crippen LogP contribution in [0.2, 0.25) is 0 Å². The molecule has 0 bridgehead atoms. The van der Waals surface area contributed by atoms with Crippen LogP contribution in [-0.4, -0.2) is 18.5 Å². The van der Waals surface area contributed by atoms with Crippen molar-refractivity contribution in [3.05, 3.63) is 0 Å². The molecule has 0 rings (SSSR count). The minimum absolute atomic E-state index is 0.0544. The molecular weight excluding hydrogens is 132 g/mol. The van der Waals surface area contributed by atoms with Crippen molar-refractivity contribution >= 4 is 18.5 Å². The molecule has 4 nitrogen and oxygen atoms in total. The van der Waals surface area contributed by atoms with Gasteiger partial charge in [-0.2, -0.15) is 0 Å². The molecule has 0 radical (unpaired) electrons. The lowest BCUT2D eigenvalue weighted by molar-refractivity contribution is -0.126. The van der Waals surface area contributed by atoms with Crippen molar-refractivity contribution in [1.29, 1.82) is 0 Å². The number of aliphatic imine (C=N–C) groups is 1. The Morgan fingerprint density at radius 2 is 2.20 bits per heavy atom. The Morgan fingerprint density at radius 1 is 1.70 bits per heavy atom. The number of amides is 2. The van der Waals surface area contributed by atoms with Crippen molar-refractivity contribution in [3.8, 4) is 0 Å². The lowest BCUT2D eigenvalue weighted by atomic mass is 10.1. The summed E-state index contributed by atoms with van der Waals surface area (Å²) >= 11 is 0. The number of nitrogens with two attached hydrogens (primary N) is 1. The minimum atomic E-state index is -0.489. The van der Waals surface area contributed by atoms with E-state index in [-0.39, 0.29) is 6.42 Å². The molecule has 4 heteroatoms. The molecule has 0 saturated heterocycles. The highest BCUT2D eigenvalue weighted by atomic mass is 16.2. The van der Waals surface area contributed by atoms with E-state index in [0.717, 1.165) is 0 Å². The van der Waals surface area contributed by atoms with Crippen molar-refractivity contribution in [2.75, 3.05) is 0 Å². The zero-order valence-electron chi connectivity index (χ0n) is 5.83. The molecule has 10 heavy (non-hydrogen) atoms. The molecule has 2 amide bonds. The molecule has 0 aromatic rings. The van der Waals surface area contributed by atoms with Gasteiger partial charge in [0.1, 0.15) is 0 Å². The lowest BCUT2D eigenvalue weighted by Gasteiger charge is -2.00. The quantitative estimate of drug-likeness (QED) is 0.550. The van der Waals surface area contributed by atoms with E-state index in [1.807, 2.05) is 0 Å². The van der Waals surface area contributed by atoms with Gasteiger partial charge in [-0.3, -0.25) is 9.59 Å². The van der Waals surface area contributed by atoms with Crippen LogP contribution in [0.3, 0.4) is 0 Å². The van der Waals surface area contributed by atoms with E-state index in [2.05, 4.69) is 11.7 Å². The van der Waals surface area contributed by atoms with Crippen LogP contribution in [0, 0.1) is 5.92 Å². The molecule has 0 aromatic carbocycles. The molecule has 56 valence electrons. The Bertz CT molecular complexity index is 165. The standard InChI is InChI=1S/C6H10N2O2/c1-4(6(7)10)3-5(9)8-2/h4H,2-3H2,1H3,(H2,7,10). The average Bonchev–Trinajstić information content (AvgIpc) is 1.87. The van der Waals surface area contributed by atoms with Crippen LogP contribution < -0.4 is 5.73 Å². The molecule has 0 aliphatic carbocycles. The molecule has 1 unspecified atom stereocenters. The molecule has 2 N–H and O–H groups in total. The highest BCUT2D eigenvalue weighted by Gasteiger charge is 2.11. The van der Waals surface area contributed by atoms with Crippen molar-refractivity contribution in [1.82, 2.24) is 0 Å². The van der Waals surface area contributed by atoms with Gasteiger partial charge in [0, 0.05) is 12.3 Å². The molecule has 0 heterocycles. The van der Waals surface area contributed by atoms with Gasteiger partial charge in [0.05, 0.1) is 0 Å². The fourth-order valence-corrected chi connectivity index (χ4v) is 0.427. The van der Waals surface area contributed by atoms with Crippen LogP contribution in [0.15, 0.2) is 4.99 Å². The first-order valence-corrected chi connectivity index (χ1v) is 2.86. The predicted octanol–water partition coefficient (Wildman–Crippen LogP) is -0.275. The van der Waals surface area contributed by atoms with Gasteiger partial charge in [-0.1, -0.05) is 6.92 Å². The van der Waals surface area contributed by atoms with Crippen LogP contribution in [0.25, 0.3) is 0 Å². The van der Waals surface area contributed by atoms with Gasteiger partial charge in [0.2, 0.25) is 11.8 Å². The maximum atomic E-state index is 10.5.